The molecule has 0 amide bonds. The highest BCUT2D eigenvalue weighted by Crippen LogP contribution is 2.48. The topological polar surface area (TPSA) is 163 Å². The summed E-state index contributed by atoms with van der Waals surface area (Å²) in [6.07, 6.45) is -2.25. The number of aliphatic hydroxyl groups is 4. The third-order valence-electron chi connectivity index (χ3n) is 13.1. The monoisotopic (exact) mass is 835 g/mol. The molecule has 4 aliphatic heterocycles. The third kappa shape index (κ3) is 9.34. The van der Waals surface area contributed by atoms with Crippen molar-refractivity contribution in [3.8, 4) is 12.3 Å². The molecule has 0 aromatic heterocycles. The average Bonchev–Trinajstić information content (AvgIpc) is 3.40. The lowest BCUT2D eigenvalue weighted by Gasteiger charge is -2.49. The van der Waals surface area contributed by atoms with Crippen molar-refractivity contribution in [3.63, 3.8) is 0 Å². The molecule has 0 spiro atoms. The van der Waals surface area contributed by atoms with E-state index in [1.807, 2.05) is 48.7 Å². The maximum Gasteiger partial charge on any atom is 0.311 e. The summed E-state index contributed by atoms with van der Waals surface area (Å²) in [7, 11) is 5.49. The Morgan fingerprint density at radius 2 is 1.59 bits per heavy atom. The van der Waals surface area contributed by atoms with E-state index in [-0.39, 0.29) is 47.9 Å². The number of ether oxygens (including phenoxy) is 7. The zero-order chi connectivity index (χ0) is 40.0. The van der Waals surface area contributed by atoms with Crippen LogP contribution < -0.4 is 17.0 Å². The van der Waals surface area contributed by atoms with Crippen molar-refractivity contribution >= 4 is 5.97 Å². The molecule has 0 saturated carbocycles. The van der Waals surface area contributed by atoms with Crippen LogP contribution in [0.2, 0.25) is 0 Å². The van der Waals surface area contributed by atoms with Crippen LogP contribution in [-0.4, -0.2) is 149 Å². The van der Waals surface area contributed by atoms with Crippen LogP contribution in [-0.2, 0) is 38.0 Å². The highest BCUT2D eigenvalue weighted by atomic mass is 79.9. The van der Waals surface area contributed by atoms with E-state index in [0.29, 0.717) is 23.9 Å². The lowest BCUT2D eigenvalue weighted by atomic mass is 9.76. The minimum atomic E-state index is -1.80. The highest BCUT2D eigenvalue weighted by Gasteiger charge is 2.58. The second-order valence-electron chi connectivity index (χ2n) is 17.9. The van der Waals surface area contributed by atoms with Gasteiger partial charge < -0.3 is 75.0 Å². The number of fused-ring (bicyclic) bond motifs is 2. The molecule has 314 valence electrons. The van der Waals surface area contributed by atoms with Gasteiger partial charge in [-0.3, -0.25) is 4.79 Å². The first-order valence-corrected chi connectivity index (χ1v) is 19.6. The fourth-order valence-corrected chi connectivity index (χ4v) is 9.74. The van der Waals surface area contributed by atoms with Crippen LogP contribution in [0.3, 0.4) is 0 Å². The molecule has 54 heavy (non-hydrogen) atoms. The first-order chi connectivity index (χ1) is 24.5. The first-order valence-electron chi connectivity index (χ1n) is 19.6. The second kappa shape index (κ2) is 17.9. The van der Waals surface area contributed by atoms with Gasteiger partial charge >= 0.3 is 5.97 Å². The number of carbonyl (C=O) groups excluding carboxylic acids is 1. The van der Waals surface area contributed by atoms with Crippen LogP contribution in [0, 0.1) is 36.0 Å². The summed E-state index contributed by atoms with van der Waals surface area (Å²) in [5.41, 5.74) is -3.83. The zero-order valence-corrected chi connectivity index (χ0v) is 36.3. The molecule has 0 radical (unpaired) electrons. The van der Waals surface area contributed by atoms with Crippen LogP contribution in [0.15, 0.2) is 0 Å². The Hall–Kier alpha value is -0.930. The van der Waals surface area contributed by atoms with Gasteiger partial charge in [0.05, 0.1) is 67.8 Å². The molecular weight excluding hydrogens is 766 g/mol. The van der Waals surface area contributed by atoms with Crippen molar-refractivity contribution in [1.82, 2.24) is 0 Å². The Morgan fingerprint density at radius 3 is 2.17 bits per heavy atom. The number of hydrogen-bond acceptors (Lipinski definition) is 12. The van der Waals surface area contributed by atoms with E-state index in [9.17, 15) is 25.2 Å². The Labute approximate surface area is 334 Å². The number of terminal acetylenes is 1. The number of hydrogen-bond donors (Lipinski definition) is 4. The average molecular weight is 837 g/mol. The minimum absolute atomic E-state index is 0. The van der Waals surface area contributed by atoms with Crippen molar-refractivity contribution in [1.29, 1.82) is 0 Å². The summed E-state index contributed by atoms with van der Waals surface area (Å²) in [6, 6.07) is -0.298. The molecule has 0 aliphatic carbocycles. The summed E-state index contributed by atoms with van der Waals surface area (Å²) in [6.45, 7) is 18.6. The number of halogens is 1. The normalized spacial score (nSPS) is 49.4. The largest absolute Gasteiger partial charge is 1.00 e. The highest BCUT2D eigenvalue weighted by molar-refractivity contribution is 5.73. The summed E-state index contributed by atoms with van der Waals surface area (Å²) >= 11 is 0. The number of cyclic esters (lactones) is 1. The lowest BCUT2D eigenvalue weighted by molar-refractivity contribution is -0.915. The van der Waals surface area contributed by atoms with E-state index in [4.69, 9.17) is 39.6 Å². The van der Waals surface area contributed by atoms with Gasteiger partial charge in [-0.05, 0) is 66.2 Å². The van der Waals surface area contributed by atoms with Gasteiger partial charge in [-0.25, -0.2) is 0 Å². The fraction of sp³-hybridized carbons (Fsp3) is 0.925. The number of likely N-dealkylation sites (N-methyl/N-ethyl adjacent to an activating group) is 1. The molecule has 2 bridgehead atoms. The molecule has 0 aromatic rings. The van der Waals surface area contributed by atoms with Gasteiger partial charge in [0, 0.05) is 31.8 Å². The van der Waals surface area contributed by atoms with Gasteiger partial charge in [0.25, 0.3) is 0 Å². The number of quaternary nitrogens is 1. The molecule has 4 fully saturated rings. The smallest absolute Gasteiger partial charge is 0.311 e. The lowest BCUT2D eigenvalue weighted by Crippen LogP contribution is -3.00. The van der Waals surface area contributed by atoms with Crippen LogP contribution in [0.1, 0.15) is 94.9 Å². The van der Waals surface area contributed by atoms with Crippen LogP contribution >= 0.6 is 0 Å². The number of rotatable bonds is 8. The molecule has 4 heterocycles. The Morgan fingerprint density at radius 1 is 0.963 bits per heavy atom. The first kappa shape index (κ1) is 47.4. The van der Waals surface area contributed by atoms with Crippen molar-refractivity contribution in [2.45, 2.75) is 185 Å². The quantitative estimate of drug-likeness (QED) is 0.145. The second-order valence-corrected chi connectivity index (χ2v) is 17.9. The van der Waals surface area contributed by atoms with E-state index in [2.05, 4.69) is 5.92 Å². The zero-order valence-electron chi connectivity index (χ0n) is 34.7. The van der Waals surface area contributed by atoms with Crippen molar-refractivity contribution < 1.29 is 79.8 Å². The molecule has 4 N–H and O–H groups in total. The van der Waals surface area contributed by atoms with Gasteiger partial charge in [-0.15, -0.1) is 6.42 Å². The van der Waals surface area contributed by atoms with E-state index in [1.165, 1.54) is 14.0 Å². The van der Waals surface area contributed by atoms with E-state index in [1.54, 1.807) is 27.7 Å². The number of aliphatic hydroxyl groups excluding tert-OH is 3. The number of methoxy groups -OCH3 is 1. The maximum absolute atomic E-state index is 14.2. The Kier molecular flexibility index (Phi) is 15.7. The van der Waals surface area contributed by atoms with Gasteiger partial charge in [-0.1, -0.05) is 27.7 Å². The van der Waals surface area contributed by atoms with Gasteiger partial charge in [0.1, 0.15) is 30.4 Å². The van der Waals surface area contributed by atoms with Crippen LogP contribution in [0.4, 0.5) is 0 Å². The van der Waals surface area contributed by atoms with E-state index >= 15 is 0 Å². The van der Waals surface area contributed by atoms with Gasteiger partial charge in [0.15, 0.2) is 18.7 Å². The van der Waals surface area contributed by atoms with Crippen LogP contribution in [0.5, 0.6) is 0 Å². The molecule has 0 aromatic carbocycles. The molecule has 4 saturated heterocycles. The fourth-order valence-electron chi connectivity index (χ4n) is 9.74. The molecular formula is C40H70BrNO12. The predicted molar refractivity (Wildman–Crippen MR) is 196 cm³/mol. The number of esters is 1. The standard InChI is InChI=1S/C40H70NO12.BrH/c1-15-17-41(12,13)27-18-22(4)48-37(30(27)42)52-35-24(6)32(51-29-20-38(9,47-14)34(44)26(8)49-29)25(7)36(45)50-28(16-2)40(11,46)33(43)23(5)31-21(3)19-39(35,10)53-31;/h1,21-35,37,42-44,46H,16-20H2,2-14H3;1H/q+1;/p-1/t21-,22?,23+,24?,25?,26?,27?,28?,29?,30?,31?,32?,33-,34?,35-,37?,38?,39+,40-;/m1./s1. The van der Waals surface area contributed by atoms with Crippen molar-refractivity contribution in [2.75, 3.05) is 27.7 Å². The SMILES string of the molecule is C#CC[N+](C)(C)C1CC(C)OC(O[C@@H]2C(C)C(OC3CC(C)(OC)C(O)C(C)O3)C(C)C(=O)OC(CC)[C@@](C)(O)[C@H](O)[C@@H](C)C3O[C@@]2(C)C[C@H]3C)C1O.[Br-]. The van der Waals surface area contributed by atoms with Crippen molar-refractivity contribution in [2.24, 2.45) is 23.7 Å². The minimum Gasteiger partial charge on any atom is -1.00 e. The van der Waals surface area contributed by atoms with Crippen LogP contribution in [0.25, 0.3) is 0 Å². The molecule has 14 heteroatoms. The predicted octanol–water partition coefficient (Wildman–Crippen LogP) is -0.225. The summed E-state index contributed by atoms with van der Waals surface area (Å²) in [5, 5.41) is 46.4. The molecule has 4 aliphatic rings. The molecule has 19 atom stereocenters. The summed E-state index contributed by atoms with van der Waals surface area (Å²) < 4.78 is 45.5. The van der Waals surface area contributed by atoms with Crippen molar-refractivity contribution in [3.05, 3.63) is 0 Å². The van der Waals surface area contributed by atoms with E-state index < -0.39 is 102 Å². The maximum atomic E-state index is 14.2. The van der Waals surface area contributed by atoms with Gasteiger partial charge in [0.2, 0.25) is 0 Å². The number of carbonyl (C=O) groups is 1. The van der Waals surface area contributed by atoms with Gasteiger partial charge in [-0.2, -0.15) is 0 Å². The Bertz CT molecular complexity index is 1300. The molecule has 4 rings (SSSR count). The number of nitrogens with zero attached hydrogens (tertiary/aromatic N) is 1. The molecule has 13 nitrogen and oxygen atoms in total. The Balaban J connectivity index is 0.00000784. The third-order valence-corrected chi connectivity index (χ3v) is 13.1. The summed E-state index contributed by atoms with van der Waals surface area (Å²) in [4.78, 5) is 14.2. The van der Waals surface area contributed by atoms with E-state index in [0.717, 1.165) is 0 Å². The summed E-state index contributed by atoms with van der Waals surface area (Å²) in [5.74, 6) is -0.0975. The molecule has 13 unspecified atom stereocenters.